The number of urea groups is 1. The van der Waals surface area contributed by atoms with Crippen molar-refractivity contribution in [2.45, 2.75) is 18.5 Å². The minimum atomic E-state index is -0.790. The van der Waals surface area contributed by atoms with E-state index in [0.29, 0.717) is 28.6 Å². The van der Waals surface area contributed by atoms with Crippen molar-refractivity contribution in [1.29, 1.82) is 0 Å². The first-order valence-corrected chi connectivity index (χ1v) is 7.06. The van der Waals surface area contributed by atoms with E-state index in [2.05, 4.69) is 10.6 Å². The van der Waals surface area contributed by atoms with Crippen LogP contribution in [-0.4, -0.2) is 35.5 Å². The van der Waals surface area contributed by atoms with Gasteiger partial charge in [0, 0.05) is 16.6 Å². The number of carbonyl (C=O) groups excluding carboxylic acids is 2. The minimum absolute atomic E-state index is 0.131. The molecular weight excluding hydrogens is 301 g/mol. The third kappa shape index (κ3) is 2.16. The van der Waals surface area contributed by atoms with Gasteiger partial charge in [-0.15, -0.1) is 0 Å². The van der Waals surface area contributed by atoms with Gasteiger partial charge in [0.1, 0.15) is 5.54 Å². The highest BCUT2D eigenvalue weighted by molar-refractivity contribution is 6.33. The zero-order chi connectivity index (χ0) is 14.3. The molecule has 1 aromatic carbocycles. The third-order valence-corrected chi connectivity index (χ3v) is 4.34. The average Bonchev–Trinajstić information content (AvgIpc) is 2.96. The molecule has 2 N–H and O–H groups in total. The molecular formula is C13H13Cl2N3O2. The normalized spacial score (nSPS) is 25.6. The molecule has 5 nitrogen and oxygen atoms in total. The highest BCUT2D eigenvalue weighted by Gasteiger charge is 2.52. The van der Waals surface area contributed by atoms with Gasteiger partial charge < -0.3 is 10.6 Å². The summed E-state index contributed by atoms with van der Waals surface area (Å²) in [5, 5.41) is 6.89. The van der Waals surface area contributed by atoms with Gasteiger partial charge in [-0.3, -0.25) is 9.69 Å². The SMILES string of the molecule is O=C1NC2(CCNC2)C(=O)N1Cc1cc(Cl)ccc1Cl. The molecule has 2 heterocycles. The summed E-state index contributed by atoms with van der Waals surface area (Å²) in [6.07, 6.45) is 0.608. The quantitative estimate of drug-likeness (QED) is 0.818. The summed E-state index contributed by atoms with van der Waals surface area (Å²) in [7, 11) is 0. The summed E-state index contributed by atoms with van der Waals surface area (Å²) >= 11 is 12.0. The molecule has 7 heteroatoms. The molecule has 0 bridgehead atoms. The molecule has 0 aromatic heterocycles. The first-order valence-electron chi connectivity index (χ1n) is 6.31. The number of nitrogens with zero attached hydrogens (tertiary/aromatic N) is 1. The lowest BCUT2D eigenvalue weighted by Crippen LogP contribution is -2.48. The van der Waals surface area contributed by atoms with E-state index in [1.165, 1.54) is 4.90 Å². The van der Waals surface area contributed by atoms with Gasteiger partial charge in [0.2, 0.25) is 0 Å². The van der Waals surface area contributed by atoms with Gasteiger partial charge in [0.05, 0.1) is 6.54 Å². The van der Waals surface area contributed by atoms with Crippen LogP contribution in [0.4, 0.5) is 4.79 Å². The van der Waals surface area contributed by atoms with Gasteiger partial charge in [-0.25, -0.2) is 4.79 Å². The van der Waals surface area contributed by atoms with Crippen LogP contribution in [-0.2, 0) is 11.3 Å². The highest BCUT2D eigenvalue weighted by atomic mass is 35.5. The van der Waals surface area contributed by atoms with E-state index in [-0.39, 0.29) is 18.5 Å². The molecule has 3 amide bonds. The van der Waals surface area contributed by atoms with Crippen molar-refractivity contribution >= 4 is 35.1 Å². The Morgan fingerprint density at radius 2 is 2.10 bits per heavy atom. The second kappa shape index (κ2) is 4.91. The molecule has 2 aliphatic rings. The van der Waals surface area contributed by atoms with E-state index in [1.54, 1.807) is 18.2 Å². The van der Waals surface area contributed by atoms with Gasteiger partial charge in [0.25, 0.3) is 5.91 Å². The Morgan fingerprint density at radius 3 is 2.80 bits per heavy atom. The van der Waals surface area contributed by atoms with E-state index in [0.717, 1.165) is 6.54 Å². The van der Waals surface area contributed by atoms with Crippen LogP contribution in [0.15, 0.2) is 18.2 Å². The number of nitrogens with one attached hydrogen (secondary N) is 2. The zero-order valence-corrected chi connectivity index (χ0v) is 12.1. The van der Waals surface area contributed by atoms with Crippen LogP contribution in [0.2, 0.25) is 10.0 Å². The van der Waals surface area contributed by atoms with Gasteiger partial charge in [0.15, 0.2) is 0 Å². The number of hydrogen-bond donors (Lipinski definition) is 2. The molecule has 2 saturated heterocycles. The van der Waals surface area contributed by atoms with Crippen molar-refractivity contribution in [3.63, 3.8) is 0 Å². The van der Waals surface area contributed by atoms with Gasteiger partial charge >= 0.3 is 6.03 Å². The lowest BCUT2D eigenvalue weighted by atomic mass is 9.99. The average molecular weight is 314 g/mol. The predicted octanol–water partition coefficient (Wildman–Crippen LogP) is 1.78. The molecule has 2 fully saturated rings. The fourth-order valence-electron chi connectivity index (χ4n) is 2.64. The number of imide groups is 1. The van der Waals surface area contributed by atoms with E-state index >= 15 is 0 Å². The number of carbonyl (C=O) groups is 2. The second-order valence-corrected chi connectivity index (χ2v) is 5.91. The Kier molecular flexibility index (Phi) is 3.36. The monoisotopic (exact) mass is 313 g/mol. The third-order valence-electron chi connectivity index (χ3n) is 3.74. The largest absolute Gasteiger partial charge is 0.325 e. The summed E-state index contributed by atoms with van der Waals surface area (Å²) in [5.41, 5.74) is -0.132. The predicted molar refractivity (Wildman–Crippen MR) is 75.8 cm³/mol. The van der Waals surface area contributed by atoms with Crippen molar-refractivity contribution in [2.24, 2.45) is 0 Å². The molecule has 106 valence electrons. The fraction of sp³-hybridized carbons (Fsp3) is 0.385. The van der Waals surface area contributed by atoms with Crippen LogP contribution in [0.1, 0.15) is 12.0 Å². The summed E-state index contributed by atoms with van der Waals surface area (Å²) in [4.78, 5) is 25.7. The molecule has 0 radical (unpaired) electrons. The molecule has 20 heavy (non-hydrogen) atoms. The number of rotatable bonds is 2. The molecule has 2 aliphatic heterocycles. The highest BCUT2D eigenvalue weighted by Crippen LogP contribution is 2.28. The number of benzene rings is 1. The molecule has 3 rings (SSSR count). The second-order valence-electron chi connectivity index (χ2n) is 5.07. The maximum Gasteiger partial charge on any atom is 0.325 e. The standard InChI is InChI=1S/C13H13Cl2N3O2/c14-9-1-2-10(15)8(5-9)6-18-11(19)13(17-12(18)20)3-4-16-7-13/h1-2,5,16H,3-4,6-7H2,(H,17,20). The summed E-state index contributed by atoms with van der Waals surface area (Å²) in [6.45, 7) is 1.32. The van der Waals surface area contributed by atoms with E-state index in [4.69, 9.17) is 23.2 Å². The summed E-state index contributed by atoms with van der Waals surface area (Å²) in [6, 6.07) is 4.61. The molecule has 0 aliphatic carbocycles. The number of amides is 3. The molecule has 1 atom stereocenters. The minimum Gasteiger partial charge on any atom is -0.322 e. The summed E-state index contributed by atoms with van der Waals surface area (Å²) < 4.78 is 0. The smallest absolute Gasteiger partial charge is 0.322 e. The van der Waals surface area contributed by atoms with E-state index < -0.39 is 5.54 Å². The van der Waals surface area contributed by atoms with Crippen LogP contribution in [0.5, 0.6) is 0 Å². The Bertz CT molecular complexity index is 585. The first-order chi connectivity index (χ1) is 9.52. The fourth-order valence-corrected chi connectivity index (χ4v) is 3.01. The molecule has 1 spiro atoms. The van der Waals surface area contributed by atoms with Gasteiger partial charge in [-0.1, -0.05) is 23.2 Å². The Hall–Kier alpha value is -1.30. The topological polar surface area (TPSA) is 61.4 Å². The maximum absolute atomic E-state index is 12.5. The Balaban J connectivity index is 1.86. The van der Waals surface area contributed by atoms with Crippen molar-refractivity contribution in [3.8, 4) is 0 Å². The van der Waals surface area contributed by atoms with Gasteiger partial charge in [-0.05, 0) is 36.7 Å². The van der Waals surface area contributed by atoms with Crippen molar-refractivity contribution < 1.29 is 9.59 Å². The van der Waals surface area contributed by atoms with Crippen LogP contribution in [0.3, 0.4) is 0 Å². The first kappa shape index (κ1) is 13.7. The van der Waals surface area contributed by atoms with Crippen LogP contribution in [0, 0.1) is 0 Å². The lowest BCUT2D eigenvalue weighted by molar-refractivity contribution is -0.131. The van der Waals surface area contributed by atoms with E-state index in [1.807, 2.05) is 0 Å². The molecule has 0 saturated carbocycles. The number of hydrogen-bond acceptors (Lipinski definition) is 3. The van der Waals surface area contributed by atoms with Crippen LogP contribution in [0.25, 0.3) is 0 Å². The van der Waals surface area contributed by atoms with Crippen LogP contribution >= 0.6 is 23.2 Å². The number of halogens is 2. The molecule has 1 unspecified atom stereocenters. The van der Waals surface area contributed by atoms with Gasteiger partial charge in [-0.2, -0.15) is 0 Å². The molecule has 1 aromatic rings. The maximum atomic E-state index is 12.5. The van der Waals surface area contributed by atoms with Crippen molar-refractivity contribution in [1.82, 2.24) is 15.5 Å². The zero-order valence-electron chi connectivity index (χ0n) is 10.6. The lowest BCUT2D eigenvalue weighted by Gasteiger charge is -2.19. The van der Waals surface area contributed by atoms with Crippen molar-refractivity contribution in [3.05, 3.63) is 33.8 Å². The Morgan fingerprint density at radius 1 is 1.30 bits per heavy atom. The summed E-state index contributed by atoms with van der Waals surface area (Å²) in [5.74, 6) is -0.205. The van der Waals surface area contributed by atoms with Crippen LogP contribution < -0.4 is 10.6 Å². The van der Waals surface area contributed by atoms with E-state index in [9.17, 15) is 9.59 Å². The van der Waals surface area contributed by atoms with Crippen molar-refractivity contribution in [2.75, 3.05) is 13.1 Å². The Labute approximate surface area is 126 Å².